The fourth-order valence-electron chi connectivity index (χ4n) is 3.88. The molecule has 0 aliphatic rings. The van der Waals surface area contributed by atoms with Gasteiger partial charge in [0, 0.05) is 46.7 Å². The Kier molecular flexibility index (Phi) is 9.85. The highest BCUT2D eigenvalue weighted by Gasteiger charge is 2.32. The first kappa shape index (κ1) is 27.2. The first-order valence-electron chi connectivity index (χ1n) is 11.6. The van der Waals surface area contributed by atoms with Crippen molar-refractivity contribution >= 4 is 40.7 Å². The van der Waals surface area contributed by atoms with Crippen LogP contribution in [-0.4, -0.2) is 34.2 Å². The molecule has 1 atom stereocenters. The number of carbonyl (C=O) groups excluding carboxylic acids is 2. The SMILES string of the molecule is CCCNC(=O)[C@H](Cc1ccccc1)N(Cc1c(Cl)cccc1Cl)C(=O)Cc1ccccc1[N+](=O)[O-]. The first-order valence-corrected chi connectivity index (χ1v) is 12.3. The number of para-hydroxylation sites is 1. The van der Waals surface area contributed by atoms with Crippen LogP contribution in [0.1, 0.15) is 30.0 Å². The molecule has 3 aromatic carbocycles. The lowest BCUT2D eigenvalue weighted by Gasteiger charge is -2.32. The van der Waals surface area contributed by atoms with E-state index in [0.717, 1.165) is 12.0 Å². The fraction of sp³-hybridized carbons (Fsp3) is 0.259. The molecule has 0 saturated heterocycles. The predicted molar refractivity (Wildman–Crippen MR) is 141 cm³/mol. The van der Waals surface area contributed by atoms with E-state index in [9.17, 15) is 19.7 Å². The summed E-state index contributed by atoms with van der Waals surface area (Å²) in [7, 11) is 0. The van der Waals surface area contributed by atoms with Crippen molar-refractivity contribution in [2.45, 2.75) is 38.8 Å². The van der Waals surface area contributed by atoms with Crippen LogP contribution >= 0.6 is 23.2 Å². The highest BCUT2D eigenvalue weighted by Crippen LogP contribution is 2.28. The van der Waals surface area contributed by atoms with Crippen LogP contribution < -0.4 is 5.32 Å². The number of benzene rings is 3. The molecule has 0 bridgehead atoms. The fourth-order valence-corrected chi connectivity index (χ4v) is 4.39. The molecule has 0 aliphatic carbocycles. The minimum Gasteiger partial charge on any atom is -0.354 e. The number of halogens is 2. The molecule has 0 fully saturated rings. The lowest BCUT2D eigenvalue weighted by atomic mass is 10.0. The highest BCUT2D eigenvalue weighted by molar-refractivity contribution is 6.36. The first-order chi connectivity index (χ1) is 17.3. The van der Waals surface area contributed by atoms with E-state index in [0.29, 0.717) is 22.2 Å². The third-order valence-electron chi connectivity index (χ3n) is 5.74. The van der Waals surface area contributed by atoms with Gasteiger partial charge in [-0.25, -0.2) is 0 Å². The van der Waals surface area contributed by atoms with Gasteiger partial charge in [0.25, 0.3) is 5.69 Å². The summed E-state index contributed by atoms with van der Waals surface area (Å²) in [5.41, 5.74) is 1.47. The molecule has 3 aromatic rings. The quantitative estimate of drug-likeness (QED) is 0.259. The molecule has 1 N–H and O–H groups in total. The van der Waals surface area contributed by atoms with Crippen LogP contribution in [0.3, 0.4) is 0 Å². The Hall–Kier alpha value is -3.42. The van der Waals surface area contributed by atoms with Crippen molar-refractivity contribution in [2.24, 2.45) is 0 Å². The molecule has 7 nitrogen and oxygen atoms in total. The van der Waals surface area contributed by atoms with Crippen molar-refractivity contribution in [1.82, 2.24) is 10.2 Å². The summed E-state index contributed by atoms with van der Waals surface area (Å²) >= 11 is 12.8. The van der Waals surface area contributed by atoms with Gasteiger partial charge in [0.05, 0.1) is 11.3 Å². The van der Waals surface area contributed by atoms with Crippen LogP contribution in [0.15, 0.2) is 72.8 Å². The maximum absolute atomic E-state index is 13.8. The topological polar surface area (TPSA) is 92.6 Å². The average molecular weight is 528 g/mol. The van der Waals surface area contributed by atoms with Crippen LogP contribution in [0, 0.1) is 10.1 Å². The van der Waals surface area contributed by atoms with Crippen LogP contribution in [0.4, 0.5) is 5.69 Å². The van der Waals surface area contributed by atoms with Crippen molar-refractivity contribution in [3.05, 3.63) is 110 Å². The molecule has 3 rings (SSSR count). The summed E-state index contributed by atoms with van der Waals surface area (Å²) in [6, 6.07) is 19.6. The number of amides is 2. The van der Waals surface area contributed by atoms with Crippen LogP contribution in [0.25, 0.3) is 0 Å². The second kappa shape index (κ2) is 13.0. The summed E-state index contributed by atoms with van der Waals surface area (Å²) in [6.45, 7) is 2.35. The van der Waals surface area contributed by atoms with E-state index >= 15 is 0 Å². The highest BCUT2D eigenvalue weighted by atomic mass is 35.5. The average Bonchev–Trinajstić information content (AvgIpc) is 2.87. The molecular formula is C27H27Cl2N3O4. The number of nitro groups is 1. The summed E-state index contributed by atoms with van der Waals surface area (Å²) < 4.78 is 0. The number of hydrogen-bond donors (Lipinski definition) is 1. The zero-order chi connectivity index (χ0) is 26.1. The summed E-state index contributed by atoms with van der Waals surface area (Å²) in [5, 5.41) is 15.1. The van der Waals surface area contributed by atoms with Gasteiger partial charge in [-0.1, -0.05) is 84.7 Å². The molecule has 0 saturated carbocycles. The van der Waals surface area contributed by atoms with Crippen molar-refractivity contribution in [1.29, 1.82) is 0 Å². The van der Waals surface area contributed by atoms with Gasteiger partial charge in [-0.2, -0.15) is 0 Å². The molecule has 0 aromatic heterocycles. The van der Waals surface area contributed by atoms with E-state index in [-0.39, 0.29) is 36.5 Å². The van der Waals surface area contributed by atoms with Crippen LogP contribution in [-0.2, 0) is 29.0 Å². The third-order valence-corrected chi connectivity index (χ3v) is 6.45. The van der Waals surface area contributed by atoms with Crippen LogP contribution in [0.5, 0.6) is 0 Å². The Balaban J connectivity index is 2.05. The van der Waals surface area contributed by atoms with Crippen molar-refractivity contribution in [2.75, 3.05) is 6.54 Å². The smallest absolute Gasteiger partial charge is 0.273 e. The Morgan fingerprint density at radius 2 is 1.61 bits per heavy atom. The second-order valence-corrected chi connectivity index (χ2v) is 9.10. The van der Waals surface area contributed by atoms with E-state index in [4.69, 9.17) is 23.2 Å². The molecular weight excluding hydrogens is 501 g/mol. The molecule has 0 heterocycles. The Morgan fingerprint density at radius 3 is 2.25 bits per heavy atom. The molecule has 0 unspecified atom stereocenters. The standard InChI is InChI=1S/C27H27Cl2N3O4/c1-2-15-30-27(34)25(16-19-9-4-3-5-10-19)31(18-21-22(28)12-8-13-23(21)29)26(33)17-20-11-6-7-14-24(20)32(35)36/h3-14,25H,2,15-18H2,1H3,(H,30,34)/t25-/m0/s1. The van der Waals surface area contributed by atoms with Crippen molar-refractivity contribution < 1.29 is 14.5 Å². The maximum atomic E-state index is 13.8. The predicted octanol–water partition coefficient (Wildman–Crippen LogP) is 5.61. The summed E-state index contributed by atoms with van der Waals surface area (Å²) in [6.07, 6.45) is 0.719. The number of rotatable bonds is 11. The van der Waals surface area contributed by atoms with Gasteiger partial charge in [-0.05, 0) is 24.1 Å². The molecule has 36 heavy (non-hydrogen) atoms. The zero-order valence-electron chi connectivity index (χ0n) is 19.8. The Labute approximate surface area is 220 Å². The maximum Gasteiger partial charge on any atom is 0.273 e. The van der Waals surface area contributed by atoms with E-state index < -0.39 is 16.9 Å². The number of hydrogen-bond acceptors (Lipinski definition) is 4. The van der Waals surface area contributed by atoms with Gasteiger partial charge < -0.3 is 10.2 Å². The van der Waals surface area contributed by atoms with E-state index in [2.05, 4.69) is 5.32 Å². The lowest BCUT2D eigenvalue weighted by molar-refractivity contribution is -0.385. The molecule has 0 radical (unpaired) electrons. The molecule has 0 aliphatic heterocycles. The van der Waals surface area contributed by atoms with E-state index in [1.807, 2.05) is 37.3 Å². The van der Waals surface area contributed by atoms with Gasteiger partial charge in [-0.15, -0.1) is 0 Å². The summed E-state index contributed by atoms with van der Waals surface area (Å²) in [5.74, 6) is -0.771. The number of nitrogens with zero attached hydrogens (tertiary/aromatic N) is 2. The Bertz CT molecular complexity index is 1200. The van der Waals surface area contributed by atoms with Gasteiger partial charge >= 0.3 is 0 Å². The monoisotopic (exact) mass is 527 g/mol. The second-order valence-electron chi connectivity index (χ2n) is 8.28. The van der Waals surface area contributed by atoms with Crippen molar-refractivity contribution in [3.63, 3.8) is 0 Å². The molecule has 188 valence electrons. The minimum absolute atomic E-state index is 0.0327. The molecule has 0 spiro atoms. The van der Waals surface area contributed by atoms with Gasteiger partial charge in [0.1, 0.15) is 6.04 Å². The largest absolute Gasteiger partial charge is 0.354 e. The number of nitrogens with one attached hydrogen (secondary N) is 1. The lowest BCUT2D eigenvalue weighted by Crippen LogP contribution is -2.51. The third kappa shape index (κ3) is 7.06. The van der Waals surface area contributed by atoms with E-state index in [1.165, 1.54) is 11.0 Å². The van der Waals surface area contributed by atoms with Crippen LogP contribution in [0.2, 0.25) is 10.0 Å². The Morgan fingerprint density at radius 1 is 0.972 bits per heavy atom. The number of nitro benzene ring substituents is 1. The molecule has 9 heteroatoms. The van der Waals surface area contributed by atoms with Gasteiger partial charge in [-0.3, -0.25) is 19.7 Å². The summed E-state index contributed by atoms with van der Waals surface area (Å²) in [4.78, 5) is 39.6. The van der Waals surface area contributed by atoms with E-state index in [1.54, 1.807) is 36.4 Å². The normalized spacial score (nSPS) is 11.5. The zero-order valence-corrected chi connectivity index (χ0v) is 21.3. The number of carbonyl (C=O) groups is 2. The molecule has 2 amide bonds. The van der Waals surface area contributed by atoms with Crippen molar-refractivity contribution in [3.8, 4) is 0 Å². The van der Waals surface area contributed by atoms with Gasteiger partial charge in [0.2, 0.25) is 11.8 Å². The van der Waals surface area contributed by atoms with Gasteiger partial charge in [0.15, 0.2) is 0 Å². The minimum atomic E-state index is -0.887.